The van der Waals surface area contributed by atoms with E-state index in [1.54, 1.807) is 41.2 Å². The molecule has 1 N–H and O–H groups in total. The van der Waals surface area contributed by atoms with Gasteiger partial charge in [-0.2, -0.15) is 5.26 Å². The van der Waals surface area contributed by atoms with Crippen LogP contribution in [0, 0.1) is 11.3 Å². The number of benzene rings is 2. The van der Waals surface area contributed by atoms with Crippen molar-refractivity contribution >= 4 is 39.0 Å². The zero-order chi connectivity index (χ0) is 21.5. The highest BCUT2D eigenvalue weighted by Gasteiger charge is 2.15. The summed E-state index contributed by atoms with van der Waals surface area (Å²) in [5, 5.41) is 31.3. The zero-order valence-corrected chi connectivity index (χ0v) is 18.8. The van der Waals surface area contributed by atoms with Crippen LogP contribution in [0.25, 0.3) is 5.57 Å². The molecule has 152 valence electrons. The first-order valence-corrected chi connectivity index (χ1v) is 11.0. The summed E-state index contributed by atoms with van der Waals surface area (Å²) >= 11 is 5.03. The molecule has 0 saturated heterocycles. The lowest BCUT2D eigenvalue weighted by Crippen LogP contribution is -2.28. The van der Waals surface area contributed by atoms with E-state index in [0.29, 0.717) is 16.6 Å². The molecule has 8 heteroatoms. The van der Waals surface area contributed by atoms with E-state index in [-0.39, 0.29) is 5.75 Å². The van der Waals surface area contributed by atoms with Gasteiger partial charge in [-0.3, -0.25) is 5.01 Å². The van der Waals surface area contributed by atoms with Crippen molar-refractivity contribution in [2.45, 2.75) is 13.5 Å². The van der Waals surface area contributed by atoms with E-state index in [2.05, 4.69) is 45.7 Å². The third-order valence-electron chi connectivity index (χ3n) is 4.36. The van der Waals surface area contributed by atoms with E-state index in [9.17, 15) is 10.4 Å². The van der Waals surface area contributed by atoms with Gasteiger partial charge in [0.2, 0.25) is 0 Å². The smallest absolute Gasteiger partial charge is 0.139 e. The van der Waals surface area contributed by atoms with Crippen LogP contribution in [0.15, 0.2) is 71.6 Å². The average molecular weight is 482 g/mol. The van der Waals surface area contributed by atoms with Crippen molar-refractivity contribution in [3.8, 4) is 11.8 Å². The number of phenolic OH excluding ortho intramolecular Hbond substituents is 1. The van der Waals surface area contributed by atoms with E-state index >= 15 is 0 Å². The van der Waals surface area contributed by atoms with Gasteiger partial charge in [0.15, 0.2) is 0 Å². The van der Waals surface area contributed by atoms with E-state index in [1.165, 1.54) is 0 Å². The number of hydrogen-bond acceptors (Lipinski definition) is 6. The first-order valence-electron chi connectivity index (χ1n) is 9.16. The van der Waals surface area contributed by atoms with Crippen LogP contribution in [0.5, 0.6) is 5.75 Å². The molecule has 3 rings (SSSR count). The number of nitrogens with zero attached hydrogens (tertiary/aromatic N) is 5. The summed E-state index contributed by atoms with van der Waals surface area (Å²) < 4.78 is 2.40. The van der Waals surface area contributed by atoms with Crippen molar-refractivity contribution in [1.29, 1.82) is 5.26 Å². The Morgan fingerprint density at radius 3 is 2.70 bits per heavy atom. The predicted molar refractivity (Wildman–Crippen MR) is 125 cm³/mol. The number of hydrogen-bond donors (Lipinski definition) is 1. The maximum absolute atomic E-state index is 9.80. The van der Waals surface area contributed by atoms with E-state index in [0.717, 1.165) is 28.1 Å². The fourth-order valence-corrected chi connectivity index (χ4v) is 3.87. The summed E-state index contributed by atoms with van der Waals surface area (Å²) in [5.41, 5.74) is 4.13. The van der Waals surface area contributed by atoms with Crippen molar-refractivity contribution < 1.29 is 5.11 Å². The fourth-order valence-electron chi connectivity index (χ4n) is 2.87. The number of thioether (sulfide) groups is 1. The third-order valence-corrected chi connectivity index (χ3v) is 5.75. The number of halogens is 1. The minimum Gasteiger partial charge on any atom is -0.507 e. The second kappa shape index (κ2) is 10.1. The molecule has 0 radical (unpaired) electrons. The van der Waals surface area contributed by atoms with Crippen molar-refractivity contribution in [1.82, 2.24) is 14.9 Å². The van der Waals surface area contributed by atoms with E-state index in [4.69, 9.17) is 0 Å². The fraction of sp³-hybridized carbons (Fsp3) is 0.136. The predicted octanol–water partition coefficient (Wildman–Crippen LogP) is 5.37. The normalized spacial score (nSPS) is 11.2. The van der Waals surface area contributed by atoms with Crippen molar-refractivity contribution in [3.63, 3.8) is 0 Å². The Balaban J connectivity index is 2.07. The third kappa shape index (κ3) is 4.93. The van der Waals surface area contributed by atoms with Crippen LogP contribution in [0.2, 0.25) is 0 Å². The molecule has 2 aromatic carbocycles. The molecule has 0 atom stereocenters. The van der Waals surface area contributed by atoms with Gasteiger partial charge in [-0.1, -0.05) is 25.6 Å². The van der Waals surface area contributed by atoms with Crippen LogP contribution >= 0.6 is 27.7 Å². The minimum absolute atomic E-state index is 0.185. The number of anilines is 1. The summed E-state index contributed by atoms with van der Waals surface area (Å²) in [6.07, 6.45) is 5.00. The van der Waals surface area contributed by atoms with Crippen LogP contribution in [-0.2, 0) is 6.54 Å². The van der Waals surface area contributed by atoms with Gasteiger partial charge in [-0.25, -0.2) is 4.68 Å². The minimum atomic E-state index is 0.185. The first-order chi connectivity index (χ1) is 14.6. The number of aromatic nitrogens is 3. The first kappa shape index (κ1) is 21.7. The molecule has 0 aliphatic rings. The molecular weight excluding hydrogens is 462 g/mol. The standard InChI is InChI=1S/C22H20BrN5OS/c1-3-17(13-30-4-2)20-10-19(7-6-18(20)11-24)28(27-14-25-26-15-27)12-16-5-8-22(29)21(23)9-16/h3,5-10,13-15,29H,1,4,12H2,2H3/b17-13+. The van der Waals surface area contributed by atoms with Crippen molar-refractivity contribution in [3.05, 3.63) is 88.3 Å². The molecule has 6 nitrogen and oxygen atoms in total. The molecule has 1 heterocycles. The number of nitriles is 1. The van der Waals surface area contributed by atoms with Gasteiger partial charge in [-0.05, 0) is 68.6 Å². The molecular formula is C22H20BrN5OS. The SMILES string of the molecule is C=C/C(=C\SCC)c1cc(N(Cc2ccc(O)c(Br)c2)n2cnnc2)ccc1C#N. The maximum Gasteiger partial charge on any atom is 0.139 e. The summed E-state index contributed by atoms with van der Waals surface area (Å²) in [7, 11) is 0. The Morgan fingerprint density at radius 1 is 1.30 bits per heavy atom. The average Bonchev–Trinajstić information content (AvgIpc) is 3.29. The topological polar surface area (TPSA) is 78.0 Å². The Kier molecular flexibility index (Phi) is 7.33. The van der Waals surface area contributed by atoms with E-state index in [1.807, 2.05) is 40.7 Å². The Hall–Kier alpha value is -3.02. The lowest BCUT2D eigenvalue weighted by atomic mass is 10.0. The maximum atomic E-state index is 9.80. The molecule has 1 aromatic heterocycles. The molecule has 0 unspecified atom stereocenters. The highest BCUT2D eigenvalue weighted by Crippen LogP contribution is 2.30. The molecule has 0 aliphatic carbocycles. The molecule has 0 fully saturated rings. The van der Waals surface area contributed by atoms with E-state index < -0.39 is 0 Å². The Morgan fingerprint density at radius 2 is 2.07 bits per heavy atom. The summed E-state index contributed by atoms with van der Waals surface area (Å²) in [6.45, 7) is 6.49. The summed E-state index contributed by atoms with van der Waals surface area (Å²) in [4.78, 5) is 0. The van der Waals surface area contributed by atoms with Gasteiger partial charge < -0.3 is 5.11 Å². The number of aromatic hydroxyl groups is 1. The van der Waals surface area contributed by atoms with Crippen LogP contribution in [0.4, 0.5) is 5.69 Å². The number of phenols is 1. The zero-order valence-electron chi connectivity index (χ0n) is 16.4. The monoisotopic (exact) mass is 481 g/mol. The molecule has 0 aliphatic heterocycles. The lowest BCUT2D eigenvalue weighted by molar-refractivity contribution is 0.471. The summed E-state index contributed by atoms with van der Waals surface area (Å²) in [5.74, 6) is 1.12. The van der Waals surface area contributed by atoms with Crippen LogP contribution in [-0.4, -0.2) is 25.7 Å². The van der Waals surface area contributed by atoms with Crippen LogP contribution in [0.1, 0.15) is 23.6 Å². The second-order valence-corrected chi connectivity index (χ2v) is 8.26. The Bertz CT molecular complexity index is 1110. The number of allylic oxidation sites excluding steroid dienone is 2. The highest BCUT2D eigenvalue weighted by molar-refractivity contribution is 9.10. The highest BCUT2D eigenvalue weighted by atomic mass is 79.9. The number of rotatable bonds is 8. The molecule has 0 amide bonds. The largest absolute Gasteiger partial charge is 0.507 e. The second-order valence-electron chi connectivity index (χ2n) is 6.26. The quantitative estimate of drug-likeness (QED) is 0.435. The summed E-state index contributed by atoms with van der Waals surface area (Å²) in [6, 6.07) is 13.3. The van der Waals surface area contributed by atoms with Crippen molar-refractivity contribution in [2.75, 3.05) is 10.8 Å². The van der Waals surface area contributed by atoms with Crippen molar-refractivity contribution in [2.24, 2.45) is 0 Å². The lowest BCUT2D eigenvalue weighted by Gasteiger charge is -2.26. The van der Waals surface area contributed by atoms with Gasteiger partial charge in [0, 0.05) is 5.56 Å². The molecule has 30 heavy (non-hydrogen) atoms. The van der Waals surface area contributed by atoms with Gasteiger partial charge in [-0.15, -0.1) is 22.0 Å². The van der Waals surface area contributed by atoms with Gasteiger partial charge in [0.05, 0.1) is 28.3 Å². The molecule has 0 saturated carbocycles. The molecule has 0 spiro atoms. The molecule has 0 bridgehead atoms. The van der Waals surface area contributed by atoms with Crippen LogP contribution in [0.3, 0.4) is 0 Å². The van der Waals surface area contributed by atoms with Gasteiger partial charge >= 0.3 is 0 Å². The Labute approximate surface area is 188 Å². The van der Waals surface area contributed by atoms with Gasteiger partial charge in [0.1, 0.15) is 18.4 Å². The van der Waals surface area contributed by atoms with Crippen LogP contribution < -0.4 is 5.01 Å². The van der Waals surface area contributed by atoms with Gasteiger partial charge in [0.25, 0.3) is 0 Å². The molecule has 3 aromatic rings.